The first-order valence-electron chi connectivity index (χ1n) is 8.95. The topological polar surface area (TPSA) is 86.5 Å². The normalized spacial score (nSPS) is 10.9. The van der Waals surface area contributed by atoms with Crippen LogP contribution in [-0.2, 0) is 0 Å². The van der Waals surface area contributed by atoms with E-state index in [1.165, 1.54) is 0 Å². The molecular weight excluding hydrogens is 370 g/mol. The summed E-state index contributed by atoms with van der Waals surface area (Å²) in [5.74, 6) is 0.0901. The molecule has 2 aromatic carbocycles. The fourth-order valence-corrected chi connectivity index (χ4v) is 3.35. The summed E-state index contributed by atoms with van der Waals surface area (Å²) in [6, 6.07) is 16.4. The van der Waals surface area contributed by atoms with Gasteiger partial charge < -0.3 is 14.6 Å². The Morgan fingerprint density at radius 1 is 1.00 bits per heavy atom. The van der Waals surface area contributed by atoms with Gasteiger partial charge in [-0.25, -0.2) is 14.5 Å². The summed E-state index contributed by atoms with van der Waals surface area (Å²) in [5.41, 5.74) is 3.27. The number of pyridine rings is 1. The fourth-order valence-electron chi connectivity index (χ4n) is 3.35. The molecule has 0 saturated carbocycles. The number of aryl methyl sites for hydroxylation is 1. The number of ether oxygens (including phenoxy) is 2. The van der Waals surface area contributed by atoms with Gasteiger partial charge in [0.15, 0.2) is 17.1 Å². The monoisotopic (exact) mass is 389 g/mol. The van der Waals surface area contributed by atoms with Crippen molar-refractivity contribution in [2.75, 3.05) is 14.2 Å². The van der Waals surface area contributed by atoms with Crippen LogP contribution >= 0.6 is 0 Å². The average Bonchev–Trinajstić information content (AvgIpc) is 3.09. The van der Waals surface area contributed by atoms with Crippen molar-refractivity contribution in [2.24, 2.45) is 0 Å². The van der Waals surface area contributed by atoms with Gasteiger partial charge >= 0.3 is 5.97 Å². The summed E-state index contributed by atoms with van der Waals surface area (Å²) in [7, 11) is 3.11. The van der Waals surface area contributed by atoms with Gasteiger partial charge in [-0.3, -0.25) is 0 Å². The first-order valence-corrected chi connectivity index (χ1v) is 8.95. The molecule has 146 valence electrons. The maximum absolute atomic E-state index is 12.0. The van der Waals surface area contributed by atoms with Crippen molar-refractivity contribution in [2.45, 2.75) is 6.92 Å². The highest BCUT2D eigenvalue weighted by molar-refractivity contribution is 6.04. The number of fused-ring (bicyclic) bond motifs is 1. The van der Waals surface area contributed by atoms with Crippen molar-refractivity contribution >= 4 is 17.0 Å². The molecule has 29 heavy (non-hydrogen) atoms. The number of hydrogen-bond donors (Lipinski definition) is 1. The predicted octanol–water partition coefficient (Wildman–Crippen LogP) is 4.11. The Kier molecular flexibility index (Phi) is 4.64. The van der Waals surface area contributed by atoms with Gasteiger partial charge in [0.1, 0.15) is 0 Å². The molecule has 0 atom stereocenters. The Labute approximate surface area is 167 Å². The van der Waals surface area contributed by atoms with Gasteiger partial charge in [0.05, 0.1) is 42.2 Å². The zero-order chi connectivity index (χ0) is 20.5. The number of methoxy groups -OCH3 is 2. The molecule has 0 fully saturated rings. The minimum absolute atomic E-state index is 0.152. The summed E-state index contributed by atoms with van der Waals surface area (Å²) in [5, 5.41) is 14.9. The lowest BCUT2D eigenvalue weighted by Gasteiger charge is -2.11. The van der Waals surface area contributed by atoms with E-state index in [2.05, 4.69) is 5.10 Å². The number of benzene rings is 2. The van der Waals surface area contributed by atoms with Crippen LogP contribution in [0.4, 0.5) is 0 Å². The largest absolute Gasteiger partial charge is 0.493 e. The molecule has 4 aromatic rings. The summed E-state index contributed by atoms with van der Waals surface area (Å²) in [6.45, 7) is 1.78. The van der Waals surface area contributed by atoms with E-state index in [-0.39, 0.29) is 5.56 Å². The van der Waals surface area contributed by atoms with E-state index in [1.54, 1.807) is 44.0 Å². The zero-order valence-corrected chi connectivity index (χ0v) is 16.2. The third-order valence-corrected chi connectivity index (χ3v) is 4.72. The molecule has 7 heteroatoms. The van der Waals surface area contributed by atoms with Gasteiger partial charge in [0.2, 0.25) is 0 Å². The van der Waals surface area contributed by atoms with Crippen molar-refractivity contribution < 1.29 is 19.4 Å². The summed E-state index contributed by atoms with van der Waals surface area (Å²) in [4.78, 5) is 16.8. The van der Waals surface area contributed by atoms with Gasteiger partial charge in [-0.05, 0) is 43.3 Å². The van der Waals surface area contributed by atoms with E-state index in [0.29, 0.717) is 39.5 Å². The zero-order valence-electron chi connectivity index (χ0n) is 16.2. The number of nitrogens with zero attached hydrogens (tertiary/aromatic N) is 3. The third kappa shape index (κ3) is 3.16. The second kappa shape index (κ2) is 7.27. The number of para-hydroxylation sites is 1. The number of aromatic nitrogens is 3. The number of carboxylic acids is 1. The quantitative estimate of drug-likeness (QED) is 0.553. The highest BCUT2D eigenvalue weighted by atomic mass is 16.5. The Balaban J connectivity index is 2.01. The van der Waals surface area contributed by atoms with Gasteiger partial charge in [-0.1, -0.05) is 18.2 Å². The SMILES string of the molecule is COc1ccc(-c2cc(C(=O)O)c3c(C)nn(-c4ccccc4)c3n2)cc1OC. The third-order valence-electron chi connectivity index (χ3n) is 4.72. The van der Waals surface area contributed by atoms with E-state index in [0.717, 1.165) is 5.69 Å². The smallest absolute Gasteiger partial charge is 0.336 e. The van der Waals surface area contributed by atoms with Gasteiger partial charge in [0, 0.05) is 5.56 Å². The minimum atomic E-state index is -1.03. The van der Waals surface area contributed by atoms with Crippen LogP contribution in [0.3, 0.4) is 0 Å². The average molecular weight is 389 g/mol. The van der Waals surface area contributed by atoms with Crippen molar-refractivity contribution in [3.05, 3.63) is 65.9 Å². The molecule has 1 N–H and O–H groups in total. The lowest BCUT2D eigenvalue weighted by atomic mass is 10.1. The number of carbonyl (C=O) groups is 1. The molecule has 0 aliphatic carbocycles. The van der Waals surface area contributed by atoms with Gasteiger partial charge in [0.25, 0.3) is 0 Å². The first-order chi connectivity index (χ1) is 14.0. The van der Waals surface area contributed by atoms with Gasteiger partial charge in [-0.15, -0.1) is 0 Å². The van der Waals surface area contributed by atoms with Crippen LogP contribution in [0.25, 0.3) is 28.0 Å². The number of aromatic carboxylic acids is 1. The molecule has 0 amide bonds. The molecule has 0 saturated heterocycles. The van der Waals surface area contributed by atoms with E-state index in [9.17, 15) is 9.90 Å². The molecule has 0 aliphatic heterocycles. The summed E-state index contributed by atoms with van der Waals surface area (Å²) in [6.07, 6.45) is 0. The van der Waals surface area contributed by atoms with Crippen LogP contribution in [0, 0.1) is 6.92 Å². The lowest BCUT2D eigenvalue weighted by molar-refractivity contribution is 0.0699. The molecule has 0 unspecified atom stereocenters. The van der Waals surface area contributed by atoms with E-state index in [1.807, 2.05) is 36.4 Å². The Hall–Kier alpha value is -3.87. The van der Waals surface area contributed by atoms with Crippen LogP contribution in [-0.4, -0.2) is 40.1 Å². The Morgan fingerprint density at radius 3 is 2.38 bits per heavy atom. The van der Waals surface area contributed by atoms with Crippen molar-refractivity contribution in [1.82, 2.24) is 14.8 Å². The van der Waals surface area contributed by atoms with Crippen LogP contribution < -0.4 is 9.47 Å². The van der Waals surface area contributed by atoms with E-state index < -0.39 is 5.97 Å². The highest BCUT2D eigenvalue weighted by Gasteiger charge is 2.21. The molecule has 4 rings (SSSR count). The molecule has 0 spiro atoms. The predicted molar refractivity (Wildman–Crippen MR) is 109 cm³/mol. The van der Waals surface area contributed by atoms with Crippen molar-refractivity contribution in [3.63, 3.8) is 0 Å². The maximum Gasteiger partial charge on any atom is 0.336 e. The molecule has 0 aliphatic rings. The molecular formula is C22H19N3O4. The van der Waals surface area contributed by atoms with Crippen LogP contribution in [0.5, 0.6) is 11.5 Å². The Bertz CT molecular complexity index is 1220. The second-order valence-electron chi connectivity index (χ2n) is 6.46. The standard InChI is InChI=1S/C22H19N3O4/c1-13-20-16(22(26)27)12-17(14-9-10-18(28-2)19(11-14)29-3)23-21(20)25(24-13)15-7-5-4-6-8-15/h4-12H,1-3H3,(H,26,27). The number of hydrogen-bond acceptors (Lipinski definition) is 5. The number of rotatable bonds is 5. The van der Waals surface area contributed by atoms with Crippen LogP contribution in [0.1, 0.15) is 16.1 Å². The molecule has 0 bridgehead atoms. The summed E-state index contributed by atoms with van der Waals surface area (Å²) >= 11 is 0. The van der Waals surface area contributed by atoms with Crippen LogP contribution in [0.2, 0.25) is 0 Å². The number of carboxylic acid groups (broad SMARTS) is 1. The fraction of sp³-hybridized carbons (Fsp3) is 0.136. The highest BCUT2D eigenvalue weighted by Crippen LogP contribution is 2.34. The van der Waals surface area contributed by atoms with Gasteiger partial charge in [-0.2, -0.15) is 5.10 Å². The molecule has 2 heterocycles. The second-order valence-corrected chi connectivity index (χ2v) is 6.46. The summed E-state index contributed by atoms with van der Waals surface area (Å²) < 4.78 is 12.3. The molecule has 0 radical (unpaired) electrons. The molecule has 2 aromatic heterocycles. The maximum atomic E-state index is 12.0. The molecule has 7 nitrogen and oxygen atoms in total. The van der Waals surface area contributed by atoms with Crippen molar-refractivity contribution in [1.29, 1.82) is 0 Å². The first kappa shape index (κ1) is 18.5. The van der Waals surface area contributed by atoms with E-state index in [4.69, 9.17) is 14.5 Å². The van der Waals surface area contributed by atoms with E-state index >= 15 is 0 Å². The Morgan fingerprint density at radius 2 is 1.72 bits per heavy atom. The van der Waals surface area contributed by atoms with Crippen molar-refractivity contribution in [3.8, 4) is 28.4 Å². The minimum Gasteiger partial charge on any atom is -0.493 e. The lowest BCUT2D eigenvalue weighted by Crippen LogP contribution is -2.02. The van der Waals surface area contributed by atoms with Crippen LogP contribution in [0.15, 0.2) is 54.6 Å².